The van der Waals surface area contributed by atoms with Gasteiger partial charge in [-0.05, 0) is 58.7 Å². The van der Waals surface area contributed by atoms with Gasteiger partial charge < -0.3 is 15.0 Å². The van der Waals surface area contributed by atoms with Crippen LogP contribution in [0.5, 0.6) is 0 Å². The van der Waals surface area contributed by atoms with Crippen molar-refractivity contribution in [3.8, 4) is 0 Å². The quantitative estimate of drug-likeness (QED) is 0.715. The fourth-order valence-electron chi connectivity index (χ4n) is 3.11. The molecule has 1 N–H and O–H groups in total. The number of amides is 1. The number of nitrogens with zero attached hydrogens (tertiary/aromatic N) is 2. The van der Waals surface area contributed by atoms with E-state index in [0.29, 0.717) is 12.6 Å². The highest BCUT2D eigenvalue weighted by Crippen LogP contribution is 2.17. The Labute approximate surface area is 129 Å². The minimum Gasteiger partial charge on any atom is -0.378 e. The summed E-state index contributed by atoms with van der Waals surface area (Å²) in [7, 11) is 2.15. The number of likely N-dealkylation sites (N-methyl/N-ethyl adjacent to an activating group) is 1. The van der Waals surface area contributed by atoms with Gasteiger partial charge in [0.05, 0.1) is 12.6 Å². The lowest BCUT2D eigenvalue weighted by molar-refractivity contribution is -0.122. The molecule has 2 aliphatic rings. The summed E-state index contributed by atoms with van der Waals surface area (Å²) in [4.78, 5) is 16.5. The van der Waals surface area contributed by atoms with Crippen LogP contribution in [-0.4, -0.2) is 74.7 Å². The summed E-state index contributed by atoms with van der Waals surface area (Å²) < 4.78 is 5.60. The molecule has 122 valence electrons. The molecule has 0 aromatic rings. The van der Waals surface area contributed by atoms with Crippen molar-refractivity contribution in [1.82, 2.24) is 15.1 Å². The Bertz CT molecular complexity index is 306. The minimum absolute atomic E-state index is 0.177. The van der Waals surface area contributed by atoms with Crippen molar-refractivity contribution in [3.63, 3.8) is 0 Å². The number of unbranched alkanes of at least 4 members (excludes halogenated alkanes) is 1. The molecule has 2 saturated heterocycles. The van der Waals surface area contributed by atoms with E-state index in [9.17, 15) is 4.79 Å². The SMILES string of the molecule is CN1CCCN(CC(=O)NCCCC[C@H]2CCCO2)CC1. The minimum atomic E-state index is 0.177. The molecule has 2 heterocycles. The number of nitrogens with one attached hydrogen (secondary N) is 1. The first kappa shape index (κ1) is 16.7. The molecular weight excluding hydrogens is 266 g/mol. The molecule has 2 aliphatic heterocycles. The average Bonchev–Trinajstić information content (AvgIpc) is 2.89. The number of hydrogen-bond acceptors (Lipinski definition) is 4. The van der Waals surface area contributed by atoms with Crippen LogP contribution in [0.25, 0.3) is 0 Å². The molecule has 1 amide bonds. The number of hydrogen-bond donors (Lipinski definition) is 1. The third kappa shape index (κ3) is 6.76. The Morgan fingerprint density at radius 3 is 2.90 bits per heavy atom. The van der Waals surface area contributed by atoms with E-state index in [1.54, 1.807) is 0 Å². The van der Waals surface area contributed by atoms with E-state index >= 15 is 0 Å². The zero-order valence-electron chi connectivity index (χ0n) is 13.5. The monoisotopic (exact) mass is 297 g/mol. The number of carbonyl (C=O) groups is 1. The topological polar surface area (TPSA) is 44.8 Å². The summed E-state index contributed by atoms with van der Waals surface area (Å²) in [5, 5.41) is 3.05. The molecule has 2 fully saturated rings. The first-order valence-corrected chi connectivity index (χ1v) is 8.53. The normalized spacial score (nSPS) is 24.9. The summed E-state index contributed by atoms with van der Waals surface area (Å²) in [5.74, 6) is 0.177. The second-order valence-corrected chi connectivity index (χ2v) is 6.41. The lowest BCUT2D eigenvalue weighted by atomic mass is 10.1. The maximum Gasteiger partial charge on any atom is 0.234 e. The molecule has 0 radical (unpaired) electrons. The van der Waals surface area contributed by atoms with Crippen molar-refractivity contribution < 1.29 is 9.53 Å². The third-order valence-corrected chi connectivity index (χ3v) is 4.48. The van der Waals surface area contributed by atoms with E-state index < -0.39 is 0 Å². The molecule has 21 heavy (non-hydrogen) atoms. The predicted molar refractivity (Wildman–Crippen MR) is 84.4 cm³/mol. The Balaban J connectivity index is 1.48. The maximum atomic E-state index is 11.9. The van der Waals surface area contributed by atoms with Gasteiger partial charge in [0, 0.05) is 26.2 Å². The van der Waals surface area contributed by atoms with Crippen LogP contribution in [0.1, 0.15) is 38.5 Å². The average molecular weight is 297 g/mol. The molecule has 0 unspecified atom stereocenters. The fraction of sp³-hybridized carbons (Fsp3) is 0.938. The number of rotatable bonds is 7. The summed E-state index contributed by atoms with van der Waals surface area (Å²) in [6.45, 7) is 6.54. The Hall–Kier alpha value is -0.650. The number of ether oxygens (including phenoxy) is 1. The van der Waals surface area contributed by atoms with Gasteiger partial charge in [0.15, 0.2) is 0 Å². The second-order valence-electron chi connectivity index (χ2n) is 6.41. The lowest BCUT2D eigenvalue weighted by Gasteiger charge is -2.19. The zero-order valence-corrected chi connectivity index (χ0v) is 13.5. The van der Waals surface area contributed by atoms with Crippen LogP contribution < -0.4 is 5.32 Å². The Morgan fingerprint density at radius 1 is 1.19 bits per heavy atom. The first-order valence-electron chi connectivity index (χ1n) is 8.53. The van der Waals surface area contributed by atoms with Crippen LogP contribution in [0, 0.1) is 0 Å². The second kappa shape index (κ2) is 9.38. The van der Waals surface area contributed by atoms with E-state index in [2.05, 4.69) is 22.2 Å². The number of carbonyl (C=O) groups excluding carboxylic acids is 1. The van der Waals surface area contributed by atoms with Crippen molar-refractivity contribution in [3.05, 3.63) is 0 Å². The predicted octanol–water partition coefficient (Wildman–Crippen LogP) is 1.09. The van der Waals surface area contributed by atoms with Crippen molar-refractivity contribution in [2.24, 2.45) is 0 Å². The molecule has 0 aromatic heterocycles. The Morgan fingerprint density at radius 2 is 2.10 bits per heavy atom. The molecule has 0 spiro atoms. The standard InChI is InChI=1S/C16H31N3O2/c1-18-9-5-10-19(12-11-18)14-16(20)17-8-3-2-6-15-7-4-13-21-15/h15H,2-14H2,1H3,(H,17,20)/t15-/m0/s1. The summed E-state index contributed by atoms with van der Waals surface area (Å²) in [6.07, 6.45) is 7.44. The first-order chi connectivity index (χ1) is 10.2. The van der Waals surface area contributed by atoms with Crippen LogP contribution in [-0.2, 0) is 9.53 Å². The van der Waals surface area contributed by atoms with Crippen LogP contribution in [0.4, 0.5) is 0 Å². The summed E-state index contributed by atoms with van der Waals surface area (Å²) in [5.41, 5.74) is 0. The van der Waals surface area contributed by atoms with Crippen LogP contribution in [0.2, 0.25) is 0 Å². The molecule has 0 saturated carbocycles. The van der Waals surface area contributed by atoms with Gasteiger partial charge in [0.2, 0.25) is 5.91 Å². The van der Waals surface area contributed by atoms with E-state index in [1.165, 1.54) is 12.8 Å². The molecule has 5 heteroatoms. The Kier molecular flexibility index (Phi) is 7.47. The van der Waals surface area contributed by atoms with Gasteiger partial charge >= 0.3 is 0 Å². The van der Waals surface area contributed by atoms with Gasteiger partial charge in [-0.15, -0.1) is 0 Å². The molecule has 2 rings (SSSR count). The van der Waals surface area contributed by atoms with Crippen LogP contribution in [0.3, 0.4) is 0 Å². The van der Waals surface area contributed by atoms with Crippen molar-refractivity contribution >= 4 is 5.91 Å². The van der Waals surface area contributed by atoms with E-state index in [0.717, 1.165) is 65.0 Å². The van der Waals surface area contributed by atoms with Crippen molar-refractivity contribution in [2.75, 3.05) is 52.9 Å². The van der Waals surface area contributed by atoms with Gasteiger partial charge in [0.25, 0.3) is 0 Å². The largest absolute Gasteiger partial charge is 0.378 e. The van der Waals surface area contributed by atoms with Crippen molar-refractivity contribution in [1.29, 1.82) is 0 Å². The molecule has 0 aliphatic carbocycles. The van der Waals surface area contributed by atoms with Crippen LogP contribution >= 0.6 is 0 Å². The fourth-order valence-corrected chi connectivity index (χ4v) is 3.11. The highest BCUT2D eigenvalue weighted by atomic mass is 16.5. The molecular formula is C16H31N3O2. The van der Waals surface area contributed by atoms with Crippen molar-refractivity contribution in [2.45, 2.75) is 44.6 Å². The smallest absolute Gasteiger partial charge is 0.234 e. The lowest BCUT2D eigenvalue weighted by Crippen LogP contribution is -2.39. The summed E-state index contributed by atoms with van der Waals surface area (Å²) in [6, 6.07) is 0. The highest BCUT2D eigenvalue weighted by Gasteiger charge is 2.16. The molecule has 0 aromatic carbocycles. The van der Waals surface area contributed by atoms with Gasteiger partial charge in [-0.3, -0.25) is 9.69 Å². The van der Waals surface area contributed by atoms with Gasteiger partial charge in [-0.2, -0.15) is 0 Å². The van der Waals surface area contributed by atoms with Gasteiger partial charge in [-0.25, -0.2) is 0 Å². The third-order valence-electron chi connectivity index (χ3n) is 4.48. The highest BCUT2D eigenvalue weighted by molar-refractivity contribution is 5.77. The van der Waals surface area contributed by atoms with Gasteiger partial charge in [0.1, 0.15) is 0 Å². The molecule has 0 bridgehead atoms. The van der Waals surface area contributed by atoms with Gasteiger partial charge in [-0.1, -0.05) is 0 Å². The summed E-state index contributed by atoms with van der Waals surface area (Å²) >= 11 is 0. The van der Waals surface area contributed by atoms with E-state index in [-0.39, 0.29) is 5.91 Å². The zero-order chi connectivity index (χ0) is 14.9. The maximum absolute atomic E-state index is 11.9. The van der Waals surface area contributed by atoms with E-state index in [1.807, 2.05) is 0 Å². The molecule has 5 nitrogen and oxygen atoms in total. The van der Waals surface area contributed by atoms with E-state index in [4.69, 9.17) is 4.74 Å². The molecule has 1 atom stereocenters. The van der Waals surface area contributed by atoms with Crippen LogP contribution in [0.15, 0.2) is 0 Å².